The van der Waals surface area contributed by atoms with Crippen LogP contribution >= 0.6 is 15.9 Å². The van der Waals surface area contributed by atoms with Crippen LogP contribution in [0, 0.1) is 6.92 Å². The number of amides is 1. The molecule has 1 amide bonds. The van der Waals surface area contributed by atoms with Crippen LogP contribution in [-0.4, -0.2) is 45.1 Å². The smallest absolute Gasteiger partial charge is 0.232 e. The second-order valence-electron chi connectivity index (χ2n) is 5.08. The van der Waals surface area contributed by atoms with Crippen molar-refractivity contribution in [2.75, 3.05) is 30.2 Å². The van der Waals surface area contributed by atoms with E-state index in [1.165, 1.54) is 4.31 Å². The van der Waals surface area contributed by atoms with E-state index in [1.54, 1.807) is 17.0 Å². The Morgan fingerprint density at radius 1 is 1.23 bits per heavy atom. The van der Waals surface area contributed by atoms with Crippen molar-refractivity contribution in [1.82, 2.24) is 4.90 Å². The number of halogens is 1. The number of carbonyl (C=O) groups is 1. The number of nitrogens with zero attached hydrogens (tertiary/aromatic N) is 2. The van der Waals surface area contributed by atoms with E-state index in [0.717, 1.165) is 16.3 Å². The fourth-order valence-electron chi connectivity index (χ4n) is 2.30. The van der Waals surface area contributed by atoms with E-state index >= 15 is 0 Å². The molecule has 0 bridgehead atoms. The van der Waals surface area contributed by atoms with Gasteiger partial charge in [-0.15, -0.1) is 0 Å². The van der Waals surface area contributed by atoms with Crippen LogP contribution in [0.25, 0.3) is 0 Å². The van der Waals surface area contributed by atoms with Gasteiger partial charge in [-0.3, -0.25) is 9.10 Å². The molecule has 0 N–H and O–H groups in total. The lowest BCUT2D eigenvalue weighted by Gasteiger charge is -2.26. The average Bonchev–Trinajstić information content (AvgIpc) is 2.41. The van der Waals surface area contributed by atoms with Gasteiger partial charge in [0.15, 0.2) is 0 Å². The minimum absolute atomic E-state index is 0.0339. The maximum atomic E-state index is 12.1. The van der Waals surface area contributed by atoms with Crippen LogP contribution < -0.4 is 4.31 Å². The Balaban J connectivity index is 2.99. The number of carbonyl (C=O) groups excluding carboxylic acids is 1. The number of hydrogen-bond acceptors (Lipinski definition) is 3. The predicted molar refractivity (Wildman–Crippen MR) is 93.6 cm³/mol. The summed E-state index contributed by atoms with van der Waals surface area (Å²) in [5, 5.41) is 0. The molecular formula is C15H23BrN2O3S. The van der Waals surface area contributed by atoms with E-state index in [0.29, 0.717) is 18.8 Å². The van der Waals surface area contributed by atoms with Gasteiger partial charge in [-0.1, -0.05) is 15.9 Å². The van der Waals surface area contributed by atoms with E-state index in [9.17, 15) is 13.2 Å². The lowest BCUT2D eigenvalue weighted by Crippen LogP contribution is -2.37. The molecule has 1 aromatic carbocycles. The number of aryl methyl sites for hydroxylation is 1. The maximum Gasteiger partial charge on any atom is 0.232 e. The first-order chi connectivity index (χ1) is 10.2. The summed E-state index contributed by atoms with van der Waals surface area (Å²) >= 11 is 3.37. The number of sulfonamides is 1. The summed E-state index contributed by atoms with van der Waals surface area (Å²) in [5.41, 5.74) is 1.45. The van der Waals surface area contributed by atoms with Gasteiger partial charge in [0.25, 0.3) is 0 Å². The highest BCUT2D eigenvalue weighted by atomic mass is 79.9. The summed E-state index contributed by atoms with van der Waals surface area (Å²) in [6, 6.07) is 5.41. The molecule has 0 aromatic heterocycles. The quantitative estimate of drug-likeness (QED) is 0.718. The van der Waals surface area contributed by atoms with Crippen LogP contribution in [-0.2, 0) is 14.8 Å². The Bertz CT molecular complexity index is 628. The zero-order valence-corrected chi connectivity index (χ0v) is 15.9. The molecule has 0 radical (unpaired) electrons. The van der Waals surface area contributed by atoms with Gasteiger partial charge in [0.05, 0.1) is 11.9 Å². The zero-order valence-electron chi connectivity index (χ0n) is 13.5. The summed E-state index contributed by atoms with van der Waals surface area (Å²) in [6.07, 6.45) is 1.33. The van der Waals surface area contributed by atoms with Gasteiger partial charge in [0, 0.05) is 30.5 Å². The van der Waals surface area contributed by atoms with E-state index in [-0.39, 0.29) is 18.9 Å². The third-order valence-corrected chi connectivity index (χ3v) is 5.15. The van der Waals surface area contributed by atoms with Gasteiger partial charge in [-0.2, -0.15) is 0 Å². The molecule has 0 unspecified atom stereocenters. The molecule has 124 valence electrons. The molecule has 0 fully saturated rings. The fraction of sp³-hybridized carbons (Fsp3) is 0.533. The second-order valence-corrected chi connectivity index (χ2v) is 7.90. The van der Waals surface area contributed by atoms with Crippen molar-refractivity contribution < 1.29 is 13.2 Å². The minimum Gasteiger partial charge on any atom is -0.343 e. The Kier molecular flexibility index (Phi) is 6.87. The topological polar surface area (TPSA) is 57.7 Å². The van der Waals surface area contributed by atoms with Crippen LogP contribution in [0.2, 0.25) is 0 Å². The van der Waals surface area contributed by atoms with Gasteiger partial charge >= 0.3 is 0 Å². The minimum atomic E-state index is -3.44. The zero-order chi connectivity index (χ0) is 16.9. The predicted octanol–water partition coefficient (Wildman–Crippen LogP) is 2.78. The SMILES string of the molecule is CCN(CC)C(=O)CCN(c1ccc(Br)cc1C)S(C)(=O)=O. The molecule has 22 heavy (non-hydrogen) atoms. The van der Waals surface area contributed by atoms with Crippen molar-refractivity contribution in [2.45, 2.75) is 27.2 Å². The van der Waals surface area contributed by atoms with Gasteiger partial charge in [-0.25, -0.2) is 8.42 Å². The highest BCUT2D eigenvalue weighted by Gasteiger charge is 2.21. The van der Waals surface area contributed by atoms with Gasteiger partial charge in [-0.05, 0) is 44.5 Å². The van der Waals surface area contributed by atoms with Gasteiger partial charge in [0.2, 0.25) is 15.9 Å². The first kappa shape index (κ1) is 19.0. The number of rotatable bonds is 7. The normalized spacial score (nSPS) is 11.3. The highest BCUT2D eigenvalue weighted by Crippen LogP contribution is 2.26. The van der Waals surface area contributed by atoms with Crippen LogP contribution in [0.4, 0.5) is 5.69 Å². The van der Waals surface area contributed by atoms with Crippen LogP contribution in [0.5, 0.6) is 0 Å². The second kappa shape index (κ2) is 7.97. The molecule has 0 aliphatic heterocycles. The molecule has 0 heterocycles. The molecule has 0 atom stereocenters. The van der Waals surface area contributed by atoms with E-state index in [1.807, 2.05) is 26.8 Å². The number of hydrogen-bond donors (Lipinski definition) is 0. The van der Waals surface area contributed by atoms with E-state index in [2.05, 4.69) is 15.9 Å². The molecule has 0 spiro atoms. The van der Waals surface area contributed by atoms with Crippen molar-refractivity contribution in [3.8, 4) is 0 Å². The monoisotopic (exact) mass is 390 g/mol. The van der Waals surface area contributed by atoms with Gasteiger partial charge in [0.1, 0.15) is 0 Å². The summed E-state index contributed by atoms with van der Waals surface area (Å²) in [7, 11) is -3.44. The van der Waals surface area contributed by atoms with Crippen molar-refractivity contribution in [3.05, 3.63) is 28.2 Å². The van der Waals surface area contributed by atoms with Crippen LogP contribution in [0.15, 0.2) is 22.7 Å². The molecule has 0 aliphatic rings. The molecule has 1 rings (SSSR count). The molecule has 1 aromatic rings. The third-order valence-electron chi connectivity index (χ3n) is 3.47. The number of anilines is 1. The summed E-state index contributed by atoms with van der Waals surface area (Å²) in [4.78, 5) is 13.8. The summed E-state index contributed by atoms with van der Waals surface area (Å²) < 4.78 is 26.4. The molecule has 0 saturated carbocycles. The lowest BCUT2D eigenvalue weighted by molar-refractivity contribution is -0.130. The van der Waals surface area contributed by atoms with Crippen molar-refractivity contribution in [3.63, 3.8) is 0 Å². The lowest BCUT2D eigenvalue weighted by atomic mass is 10.2. The Labute approximate surface area is 141 Å². The Morgan fingerprint density at radius 2 is 1.82 bits per heavy atom. The fourth-order valence-corrected chi connectivity index (χ4v) is 3.76. The van der Waals surface area contributed by atoms with Crippen molar-refractivity contribution in [2.24, 2.45) is 0 Å². The molecule has 5 nitrogen and oxygen atoms in total. The van der Waals surface area contributed by atoms with Gasteiger partial charge < -0.3 is 4.90 Å². The average molecular weight is 391 g/mol. The third kappa shape index (κ3) is 4.98. The molecule has 7 heteroatoms. The van der Waals surface area contributed by atoms with Crippen LogP contribution in [0.3, 0.4) is 0 Å². The molecule has 0 aliphatic carbocycles. The van der Waals surface area contributed by atoms with Crippen LogP contribution in [0.1, 0.15) is 25.8 Å². The summed E-state index contributed by atoms with van der Waals surface area (Å²) in [6.45, 7) is 7.08. The Hall–Kier alpha value is -1.08. The van der Waals surface area contributed by atoms with E-state index in [4.69, 9.17) is 0 Å². The Morgan fingerprint density at radius 3 is 2.27 bits per heavy atom. The highest BCUT2D eigenvalue weighted by molar-refractivity contribution is 9.10. The molecular weight excluding hydrogens is 368 g/mol. The summed E-state index contributed by atoms with van der Waals surface area (Å²) in [5.74, 6) is -0.0339. The van der Waals surface area contributed by atoms with Crippen molar-refractivity contribution >= 4 is 37.5 Å². The standard InChI is InChI=1S/C15H23BrN2O3S/c1-5-17(6-2)15(19)9-10-18(22(4,20)21)14-8-7-13(16)11-12(14)3/h7-8,11H,5-6,9-10H2,1-4H3. The maximum absolute atomic E-state index is 12.1. The van der Waals surface area contributed by atoms with Crippen molar-refractivity contribution in [1.29, 1.82) is 0 Å². The first-order valence-electron chi connectivity index (χ1n) is 7.22. The largest absolute Gasteiger partial charge is 0.343 e. The van der Waals surface area contributed by atoms with E-state index < -0.39 is 10.0 Å². The first-order valence-corrected chi connectivity index (χ1v) is 9.86. The number of benzene rings is 1. The molecule has 0 saturated heterocycles.